The van der Waals surface area contributed by atoms with Crippen LogP contribution in [0.2, 0.25) is 5.02 Å². The Labute approximate surface area is 117 Å². The number of rotatable bonds is 5. The van der Waals surface area contributed by atoms with Crippen LogP contribution in [0.1, 0.15) is 13.8 Å². The maximum Gasteiger partial charge on any atom is 0.228 e. The first-order chi connectivity index (χ1) is 8.93. The first-order valence-corrected chi connectivity index (χ1v) is 6.34. The normalized spacial score (nSPS) is 11.8. The molecule has 3 N–H and O–H groups in total. The van der Waals surface area contributed by atoms with Gasteiger partial charge < -0.3 is 16.0 Å². The molecule has 2 amide bonds. The molecule has 0 saturated heterocycles. The number of nitrogens with one attached hydrogen (secondary N) is 3. The van der Waals surface area contributed by atoms with E-state index >= 15 is 0 Å². The lowest BCUT2D eigenvalue weighted by molar-refractivity contribution is -0.119. The van der Waals surface area contributed by atoms with Crippen LogP contribution in [0, 0.1) is 5.92 Å². The van der Waals surface area contributed by atoms with Gasteiger partial charge in [-0.2, -0.15) is 0 Å². The lowest BCUT2D eigenvalue weighted by atomic mass is 10.1. The summed E-state index contributed by atoms with van der Waals surface area (Å²) in [6, 6.07) is 4.92. The number of hydrogen-bond donors (Lipinski definition) is 3. The number of hydrogen-bond acceptors (Lipinski definition) is 3. The quantitative estimate of drug-likeness (QED) is 0.775. The summed E-state index contributed by atoms with van der Waals surface area (Å²) in [5, 5.41) is 8.84. The molecular weight excluding hydrogens is 266 g/mol. The lowest BCUT2D eigenvalue weighted by Crippen LogP contribution is -2.29. The molecule has 104 valence electrons. The number of benzene rings is 1. The third kappa shape index (κ3) is 4.89. The van der Waals surface area contributed by atoms with E-state index in [0.29, 0.717) is 22.9 Å². The van der Waals surface area contributed by atoms with E-state index in [1.165, 1.54) is 6.92 Å². The van der Waals surface area contributed by atoms with Gasteiger partial charge in [0.1, 0.15) is 0 Å². The van der Waals surface area contributed by atoms with Crippen molar-refractivity contribution in [1.82, 2.24) is 5.32 Å². The molecule has 0 fully saturated rings. The molecule has 1 atom stereocenters. The van der Waals surface area contributed by atoms with Crippen LogP contribution in [0.4, 0.5) is 11.4 Å². The Morgan fingerprint density at radius 3 is 2.53 bits per heavy atom. The molecule has 5 nitrogen and oxygen atoms in total. The Kier molecular flexibility index (Phi) is 5.79. The van der Waals surface area contributed by atoms with Crippen LogP contribution < -0.4 is 16.0 Å². The van der Waals surface area contributed by atoms with E-state index in [0.717, 1.165) is 0 Å². The Hall–Kier alpha value is -1.59. The Morgan fingerprint density at radius 2 is 1.95 bits per heavy atom. The fourth-order valence-electron chi connectivity index (χ4n) is 1.57. The third-order valence-electron chi connectivity index (χ3n) is 2.51. The largest absolute Gasteiger partial charge is 0.325 e. The zero-order valence-electron chi connectivity index (χ0n) is 11.2. The molecule has 0 radical (unpaired) electrons. The number of carbonyl (C=O) groups excluding carboxylic acids is 2. The van der Waals surface area contributed by atoms with Crippen molar-refractivity contribution >= 4 is 34.8 Å². The highest BCUT2D eigenvalue weighted by atomic mass is 35.5. The summed E-state index contributed by atoms with van der Waals surface area (Å²) in [6.45, 7) is 3.79. The lowest BCUT2D eigenvalue weighted by Gasteiger charge is -2.15. The van der Waals surface area contributed by atoms with Gasteiger partial charge in [0.25, 0.3) is 0 Å². The smallest absolute Gasteiger partial charge is 0.228 e. The number of anilines is 2. The highest BCUT2D eigenvalue weighted by Crippen LogP contribution is 2.26. The van der Waals surface area contributed by atoms with E-state index in [1.807, 2.05) is 6.92 Å². The topological polar surface area (TPSA) is 70.2 Å². The predicted octanol–water partition coefficient (Wildman–Crippen LogP) is 2.09. The molecule has 1 rings (SSSR count). The molecule has 0 bridgehead atoms. The van der Waals surface area contributed by atoms with Crippen LogP contribution >= 0.6 is 11.6 Å². The fraction of sp³-hybridized carbons (Fsp3) is 0.385. The van der Waals surface area contributed by atoms with Crippen LogP contribution in [-0.4, -0.2) is 25.4 Å². The van der Waals surface area contributed by atoms with Gasteiger partial charge in [0.15, 0.2) is 0 Å². The van der Waals surface area contributed by atoms with Gasteiger partial charge >= 0.3 is 0 Å². The maximum atomic E-state index is 11.9. The second kappa shape index (κ2) is 7.11. The Bertz CT molecular complexity index is 477. The molecule has 1 unspecified atom stereocenters. The minimum atomic E-state index is -0.207. The van der Waals surface area contributed by atoms with Gasteiger partial charge in [-0.25, -0.2) is 0 Å². The second-order valence-electron chi connectivity index (χ2n) is 4.32. The molecule has 1 aromatic carbocycles. The number of amides is 2. The Morgan fingerprint density at radius 1 is 1.26 bits per heavy atom. The van der Waals surface area contributed by atoms with Crippen molar-refractivity contribution in [3.63, 3.8) is 0 Å². The van der Waals surface area contributed by atoms with E-state index in [2.05, 4.69) is 16.0 Å². The minimum Gasteiger partial charge on any atom is -0.325 e. The molecular formula is C13H18ClN3O2. The molecule has 19 heavy (non-hydrogen) atoms. The molecule has 0 saturated carbocycles. The summed E-state index contributed by atoms with van der Waals surface area (Å²) >= 11 is 5.90. The highest BCUT2D eigenvalue weighted by Gasteiger charge is 2.14. The zero-order chi connectivity index (χ0) is 14.4. The summed E-state index contributed by atoms with van der Waals surface area (Å²) in [6.07, 6.45) is 0. The van der Waals surface area contributed by atoms with E-state index in [9.17, 15) is 9.59 Å². The molecule has 0 heterocycles. The molecule has 0 spiro atoms. The SMILES string of the molecule is CNCC(C)C(=O)Nc1cc(Cl)ccc1NC(C)=O. The van der Waals surface area contributed by atoms with Crippen LogP contribution in [-0.2, 0) is 9.59 Å². The second-order valence-corrected chi connectivity index (χ2v) is 4.76. The van der Waals surface area contributed by atoms with E-state index in [-0.39, 0.29) is 17.7 Å². The number of carbonyl (C=O) groups is 2. The first-order valence-electron chi connectivity index (χ1n) is 5.96. The zero-order valence-corrected chi connectivity index (χ0v) is 12.0. The molecule has 0 aliphatic carbocycles. The van der Waals surface area contributed by atoms with Crippen molar-refractivity contribution in [1.29, 1.82) is 0 Å². The van der Waals surface area contributed by atoms with Crippen molar-refractivity contribution in [3.05, 3.63) is 23.2 Å². The van der Waals surface area contributed by atoms with Crippen LogP contribution in [0.3, 0.4) is 0 Å². The number of halogens is 1. The molecule has 1 aromatic rings. The van der Waals surface area contributed by atoms with Gasteiger partial charge in [0.2, 0.25) is 11.8 Å². The summed E-state index contributed by atoms with van der Waals surface area (Å²) < 4.78 is 0. The van der Waals surface area contributed by atoms with E-state index in [4.69, 9.17) is 11.6 Å². The highest BCUT2D eigenvalue weighted by molar-refractivity contribution is 6.31. The van der Waals surface area contributed by atoms with Crippen LogP contribution in [0.25, 0.3) is 0 Å². The minimum absolute atomic E-state index is 0.136. The molecule has 0 aliphatic heterocycles. The first kappa shape index (κ1) is 15.5. The summed E-state index contributed by atoms with van der Waals surface area (Å²) in [7, 11) is 1.78. The maximum absolute atomic E-state index is 11.9. The van der Waals surface area contributed by atoms with Crippen molar-refractivity contribution < 1.29 is 9.59 Å². The van der Waals surface area contributed by atoms with E-state index < -0.39 is 0 Å². The van der Waals surface area contributed by atoms with Crippen molar-refractivity contribution in [2.24, 2.45) is 5.92 Å². The van der Waals surface area contributed by atoms with Crippen LogP contribution in [0.15, 0.2) is 18.2 Å². The summed E-state index contributed by atoms with van der Waals surface area (Å²) in [4.78, 5) is 23.1. The summed E-state index contributed by atoms with van der Waals surface area (Å²) in [5.74, 6) is -0.529. The monoisotopic (exact) mass is 283 g/mol. The van der Waals surface area contributed by atoms with Gasteiger partial charge in [0.05, 0.1) is 11.4 Å². The standard InChI is InChI=1S/C13H18ClN3O2/c1-8(7-15-3)13(19)17-12-6-10(14)4-5-11(12)16-9(2)18/h4-6,8,15H,7H2,1-3H3,(H,16,18)(H,17,19). The Balaban J connectivity index is 2.89. The molecule has 6 heteroatoms. The van der Waals surface area contributed by atoms with Gasteiger partial charge in [-0.1, -0.05) is 18.5 Å². The molecule has 0 aliphatic rings. The predicted molar refractivity (Wildman–Crippen MR) is 77.5 cm³/mol. The third-order valence-corrected chi connectivity index (χ3v) is 2.74. The fourth-order valence-corrected chi connectivity index (χ4v) is 1.75. The van der Waals surface area contributed by atoms with Gasteiger partial charge in [-0.3, -0.25) is 9.59 Å². The van der Waals surface area contributed by atoms with Gasteiger partial charge in [-0.15, -0.1) is 0 Å². The summed E-state index contributed by atoms with van der Waals surface area (Å²) in [5.41, 5.74) is 1.03. The molecule has 0 aromatic heterocycles. The van der Waals surface area contributed by atoms with Crippen LogP contribution in [0.5, 0.6) is 0 Å². The average molecular weight is 284 g/mol. The van der Waals surface area contributed by atoms with Gasteiger partial charge in [-0.05, 0) is 25.2 Å². The van der Waals surface area contributed by atoms with E-state index in [1.54, 1.807) is 25.2 Å². The van der Waals surface area contributed by atoms with Crippen molar-refractivity contribution in [2.45, 2.75) is 13.8 Å². The van der Waals surface area contributed by atoms with Gasteiger partial charge in [0, 0.05) is 24.4 Å². The van der Waals surface area contributed by atoms with Crippen molar-refractivity contribution in [3.8, 4) is 0 Å². The average Bonchev–Trinajstić information content (AvgIpc) is 2.32. The van der Waals surface area contributed by atoms with Crippen molar-refractivity contribution in [2.75, 3.05) is 24.2 Å².